The van der Waals surface area contributed by atoms with E-state index in [1.165, 1.54) is 9.87 Å². The lowest BCUT2D eigenvalue weighted by Crippen LogP contribution is -2.37. The summed E-state index contributed by atoms with van der Waals surface area (Å²) in [6, 6.07) is 10.2. The van der Waals surface area contributed by atoms with Gasteiger partial charge in [-0.1, -0.05) is 49.1 Å². The van der Waals surface area contributed by atoms with Gasteiger partial charge in [0.05, 0.1) is 26.5 Å². The van der Waals surface area contributed by atoms with Gasteiger partial charge in [0, 0.05) is 20.2 Å². The van der Waals surface area contributed by atoms with Crippen LogP contribution in [0.4, 0.5) is 5.69 Å². The van der Waals surface area contributed by atoms with Gasteiger partial charge in [-0.2, -0.15) is 5.10 Å². The Kier molecular flexibility index (Phi) is 4.32. The van der Waals surface area contributed by atoms with Crippen LogP contribution in [0.1, 0.15) is 5.56 Å². The molecular formula is C16H23N3OSi. The van der Waals surface area contributed by atoms with Gasteiger partial charge in [-0.25, -0.2) is 4.68 Å². The van der Waals surface area contributed by atoms with E-state index in [1.807, 2.05) is 19.0 Å². The summed E-state index contributed by atoms with van der Waals surface area (Å²) < 4.78 is 1.50. The fourth-order valence-corrected chi connectivity index (χ4v) is 3.24. The summed E-state index contributed by atoms with van der Waals surface area (Å²) in [5.74, 6) is 0. The zero-order chi connectivity index (χ0) is 15.6. The fourth-order valence-electron chi connectivity index (χ4n) is 2.07. The fraction of sp³-hybridized carbons (Fsp3) is 0.375. The molecule has 0 aliphatic rings. The molecule has 1 aromatic heterocycles. The number of nitrogens with zero attached hydrogens (tertiary/aromatic N) is 3. The largest absolute Gasteiger partial charge is 0.376 e. The second-order valence-corrected chi connectivity index (χ2v) is 11.6. The van der Waals surface area contributed by atoms with E-state index in [0.29, 0.717) is 6.54 Å². The second-order valence-electron chi connectivity index (χ2n) is 6.55. The van der Waals surface area contributed by atoms with E-state index in [4.69, 9.17) is 0 Å². The summed E-state index contributed by atoms with van der Waals surface area (Å²) in [7, 11) is 2.53. The smallest absolute Gasteiger partial charge is 0.269 e. The lowest BCUT2D eigenvalue weighted by Gasteiger charge is -2.17. The van der Waals surface area contributed by atoms with Crippen molar-refractivity contribution >= 4 is 18.9 Å². The van der Waals surface area contributed by atoms with E-state index in [1.54, 1.807) is 12.3 Å². The third kappa shape index (κ3) is 3.82. The Morgan fingerprint density at radius 1 is 1.14 bits per heavy atom. The average Bonchev–Trinajstić information content (AvgIpc) is 2.40. The number of rotatable bonds is 4. The molecule has 0 amide bonds. The van der Waals surface area contributed by atoms with Crippen molar-refractivity contribution in [1.82, 2.24) is 9.78 Å². The van der Waals surface area contributed by atoms with Gasteiger partial charge < -0.3 is 4.90 Å². The minimum Gasteiger partial charge on any atom is -0.376 e. The highest BCUT2D eigenvalue weighted by atomic mass is 28.3. The molecule has 0 fully saturated rings. The summed E-state index contributed by atoms with van der Waals surface area (Å²) >= 11 is 0. The molecule has 0 aliphatic heterocycles. The Morgan fingerprint density at radius 2 is 1.76 bits per heavy atom. The molecule has 0 unspecified atom stereocenters. The highest BCUT2D eigenvalue weighted by Gasteiger charge is 2.15. The normalized spacial score (nSPS) is 11.5. The van der Waals surface area contributed by atoms with Gasteiger partial charge in [-0.05, 0) is 5.56 Å². The van der Waals surface area contributed by atoms with E-state index in [9.17, 15) is 4.79 Å². The predicted octanol–water partition coefficient (Wildman–Crippen LogP) is 1.90. The first-order valence-electron chi connectivity index (χ1n) is 7.11. The van der Waals surface area contributed by atoms with Crippen molar-refractivity contribution in [3.63, 3.8) is 0 Å². The van der Waals surface area contributed by atoms with Crippen molar-refractivity contribution < 1.29 is 0 Å². The lowest BCUT2D eigenvalue weighted by molar-refractivity contribution is 0.638. The van der Waals surface area contributed by atoms with E-state index in [2.05, 4.69) is 49.0 Å². The number of hydrogen-bond donors (Lipinski definition) is 0. The SMILES string of the molecule is CN(C)c1cnn(Cc2ccc([Si](C)(C)C)cc2)c(=O)c1. The molecule has 21 heavy (non-hydrogen) atoms. The Balaban J connectivity index is 2.21. The highest BCUT2D eigenvalue weighted by Crippen LogP contribution is 2.07. The molecule has 0 radical (unpaired) electrons. The Morgan fingerprint density at radius 3 is 2.24 bits per heavy atom. The van der Waals surface area contributed by atoms with Crippen molar-refractivity contribution in [2.75, 3.05) is 19.0 Å². The first-order valence-corrected chi connectivity index (χ1v) is 10.6. The molecule has 0 N–H and O–H groups in total. The van der Waals surface area contributed by atoms with Crippen LogP contribution >= 0.6 is 0 Å². The summed E-state index contributed by atoms with van der Waals surface area (Å²) in [5.41, 5.74) is 1.85. The van der Waals surface area contributed by atoms with Gasteiger partial charge in [0.1, 0.15) is 0 Å². The zero-order valence-corrected chi connectivity index (χ0v) is 14.4. The Bertz CT molecular complexity index is 669. The third-order valence-electron chi connectivity index (χ3n) is 3.52. The Hall–Kier alpha value is -1.88. The lowest BCUT2D eigenvalue weighted by atomic mass is 10.2. The first-order chi connectivity index (χ1) is 9.77. The molecule has 5 heteroatoms. The zero-order valence-electron chi connectivity index (χ0n) is 13.4. The van der Waals surface area contributed by atoms with Gasteiger partial charge >= 0.3 is 0 Å². The minimum absolute atomic E-state index is 0.0736. The third-order valence-corrected chi connectivity index (χ3v) is 5.59. The van der Waals surface area contributed by atoms with Crippen LogP contribution in [0, 0.1) is 0 Å². The molecule has 112 valence electrons. The van der Waals surface area contributed by atoms with E-state index >= 15 is 0 Å². The van der Waals surface area contributed by atoms with Crippen LogP contribution in [0.15, 0.2) is 41.3 Å². The first kappa shape index (κ1) is 15.5. The van der Waals surface area contributed by atoms with Gasteiger partial charge in [-0.3, -0.25) is 4.79 Å². The van der Waals surface area contributed by atoms with Crippen molar-refractivity contribution in [3.8, 4) is 0 Å². The monoisotopic (exact) mass is 301 g/mol. The van der Waals surface area contributed by atoms with Crippen molar-refractivity contribution in [3.05, 3.63) is 52.4 Å². The number of aromatic nitrogens is 2. The summed E-state index contributed by atoms with van der Waals surface area (Å²) in [6.45, 7) is 7.49. The molecule has 0 aliphatic carbocycles. The molecule has 2 rings (SSSR count). The van der Waals surface area contributed by atoms with Crippen LogP contribution in [0.5, 0.6) is 0 Å². The van der Waals surface area contributed by atoms with Gasteiger partial charge in [-0.15, -0.1) is 0 Å². The average molecular weight is 301 g/mol. The molecule has 1 heterocycles. The maximum Gasteiger partial charge on any atom is 0.269 e. The molecule has 4 nitrogen and oxygen atoms in total. The van der Waals surface area contributed by atoms with Crippen LogP contribution < -0.4 is 15.6 Å². The summed E-state index contributed by atoms with van der Waals surface area (Å²) in [5, 5.41) is 5.66. The van der Waals surface area contributed by atoms with Gasteiger partial charge in [0.25, 0.3) is 5.56 Å². The van der Waals surface area contributed by atoms with Crippen molar-refractivity contribution in [2.24, 2.45) is 0 Å². The maximum absolute atomic E-state index is 12.1. The van der Waals surface area contributed by atoms with E-state index < -0.39 is 8.07 Å². The molecule has 0 spiro atoms. The topological polar surface area (TPSA) is 38.1 Å². The molecule has 0 atom stereocenters. The van der Waals surface area contributed by atoms with Crippen LogP contribution in [0.3, 0.4) is 0 Å². The van der Waals surface area contributed by atoms with Crippen LogP contribution in [-0.2, 0) is 6.54 Å². The molecule has 2 aromatic rings. The summed E-state index contributed by atoms with van der Waals surface area (Å²) in [6.07, 6.45) is 1.72. The van der Waals surface area contributed by atoms with E-state index in [0.717, 1.165) is 11.3 Å². The molecular weight excluding hydrogens is 278 g/mol. The van der Waals surface area contributed by atoms with Crippen molar-refractivity contribution in [2.45, 2.75) is 26.2 Å². The highest BCUT2D eigenvalue weighted by molar-refractivity contribution is 6.88. The number of anilines is 1. The number of hydrogen-bond acceptors (Lipinski definition) is 3. The molecule has 0 saturated heterocycles. The van der Waals surface area contributed by atoms with Gasteiger partial charge in [0.15, 0.2) is 0 Å². The molecule has 1 aromatic carbocycles. The minimum atomic E-state index is -1.27. The molecule has 0 saturated carbocycles. The van der Waals surface area contributed by atoms with Crippen LogP contribution in [0.2, 0.25) is 19.6 Å². The number of benzene rings is 1. The van der Waals surface area contributed by atoms with Crippen LogP contribution in [0.25, 0.3) is 0 Å². The second kappa shape index (κ2) is 5.85. The quantitative estimate of drug-likeness (QED) is 0.810. The van der Waals surface area contributed by atoms with Crippen molar-refractivity contribution in [1.29, 1.82) is 0 Å². The maximum atomic E-state index is 12.1. The predicted molar refractivity (Wildman–Crippen MR) is 91.3 cm³/mol. The van der Waals surface area contributed by atoms with Gasteiger partial charge in [0.2, 0.25) is 0 Å². The Labute approximate surface area is 127 Å². The van der Waals surface area contributed by atoms with Crippen LogP contribution in [-0.4, -0.2) is 31.9 Å². The summed E-state index contributed by atoms with van der Waals surface area (Å²) in [4.78, 5) is 13.9. The molecule has 0 bridgehead atoms. The standard InChI is InChI=1S/C16H23N3OSi/c1-18(2)14-10-16(20)19(17-11-14)12-13-6-8-15(9-7-13)21(3,4)5/h6-11H,12H2,1-5H3. The van der Waals surface area contributed by atoms with E-state index in [-0.39, 0.29) is 5.56 Å².